The highest BCUT2D eigenvalue weighted by molar-refractivity contribution is 7.18. The lowest BCUT2D eigenvalue weighted by atomic mass is 9.97. The van der Waals surface area contributed by atoms with Gasteiger partial charge in [0, 0.05) is 24.5 Å². The zero-order valence-electron chi connectivity index (χ0n) is 18.6. The van der Waals surface area contributed by atoms with Crippen molar-refractivity contribution in [2.45, 2.75) is 32.7 Å². The Bertz CT molecular complexity index is 1110. The molecule has 0 aliphatic carbocycles. The number of anilines is 2. The minimum atomic E-state index is -0.718. The number of nitrogens with zero attached hydrogens (tertiary/aromatic N) is 3. The van der Waals surface area contributed by atoms with Crippen LogP contribution in [0.2, 0.25) is 0 Å². The van der Waals surface area contributed by atoms with E-state index in [4.69, 9.17) is 19.4 Å². The number of rotatable bonds is 8. The van der Waals surface area contributed by atoms with Gasteiger partial charge in [0.15, 0.2) is 11.5 Å². The van der Waals surface area contributed by atoms with Gasteiger partial charge in [0.2, 0.25) is 5.95 Å². The molecule has 3 heterocycles. The van der Waals surface area contributed by atoms with Crippen LogP contribution in [0.25, 0.3) is 10.2 Å². The van der Waals surface area contributed by atoms with Crippen molar-refractivity contribution in [3.05, 3.63) is 34.7 Å². The standard InChI is InChI=1S/C23H28N4O4S/c1-4-16-12-17-20(24-13-14-5-6-18(30-2)19(11-14)31-3)25-23(26-21(17)32-16)27-9-7-15(8-10-27)22(28)29/h5-6,11-12,15H,4,7-10,13H2,1-3H3,(H,28,29)(H,24,25,26). The van der Waals surface area contributed by atoms with Crippen molar-refractivity contribution >= 4 is 39.3 Å². The van der Waals surface area contributed by atoms with Gasteiger partial charge in [-0.25, -0.2) is 4.98 Å². The SMILES string of the molecule is CCc1cc2c(NCc3ccc(OC)c(OC)c3)nc(N3CCC(C(=O)O)CC3)nc2s1. The van der Waals surface area contributed by atoms with Gasteiger partial charge >= 0.3 is 5.97 Å². The molecule has 1 fully saturated rings. The van der Waals surface area contributed by atoms with Crippen molar-refractivity contribution in [2.75, 3.05) is 37.5 Å². The van der Waals surface area contributed by atoms with Crippen molar-refractivity contribution in [1.29, 1.82) is 0 Å². The molecule has 0 unspecified atom stereocenters. The molecule has 0 spiro atoms. The van der Waals surface area contributed by atoms with Gasteiger partial charge in [0.25, 0.3) is 0 Å². The second-order valence-electron chi connectivity index (χ2n) is 7.80. The molecule has 4 rings (SSSR count). The van der Waals surface area contributed by atoms with Gasteiger partial charge in [-0.15, -0.1) is 11.3 Å². The van der Waals surface area contributed by atoms with Gasteiger partial charge in [0.1, 0.15) is 10.6 Å². The zero-order chi connectivity index (χ0) is 22.7. The van der Waals surface area contributed by atoms with Crippen LogP contribution in [-0.2, 0) is 17.8 Å². The number of ether oxygens (including phenoxy) is 2. The van der Waals surface area contributed by atoms with E-state index in [1.165, 1.54) is 4.88 Å². The Labute approximate surface area is 191 Å². The zero-order valence-corrected chi connectivity index (χ0v) is 19.4. The molecule has 2 N–H and O–H groups in total. The van der Waals surface area contributed by atoms with E-state index in [0.717, 1.165) is 28.0 Å². The minimum Gasteiger partial charge on any atom is -0.493 e. The number of methoxy groups -OCH3 is 2. The number of aryl methyl sites for hydroxylation is 1. The molecule has 0 saturated carbocycles. The first-order valence-electron chi connectivity index (χ1n) is 10.7. The lowest BCUT2D eigenvalue weighted by Gasteiger charge is -2.30. The van der Waals surface area contributed by atoms with E-state index in [1.807, 2.05) is 18.2 Å². The number of aliphatic carboxylic acids is 1. The topological polar surface area (TPSA) is 96.8 Å². The lowest BCUT2D eigenvalue weighted by molar-refractivity contribution is -0.142. The molecule has 170 valence electrons. The molecule has 0 bridgehead atoms. The molecule has 0 atom stereocenters. The number of carbonyl (C=O) groups is 1. The number of fused-ring (bicyclic) bond motifs is 1. The summed E-state index contributed by atoms with van der Waals surface area (Å²) in [5.74, 6) is 1.82. The Balaban J connectivity index is 1.60. The van der Waals surface area contributed by atoms with Crippen LogP contribution in [0, 0.1) is 5.92 Å². The highest BCUT2D eigenvalue weighted by atomic mass is 32.1. The van der Waals surface area contributed by atoms with E-state index in [1.54, 1.807) is 25.6 Å². The first-order chi connectivity index (χ1) is 15.5. The summed E-state index contributed by atoms with van der Waals surface area (Å²) in [6.45, 7) is 3.99. The third-order valence-electron chi connectivity index (χ3n) is 5.82. The van der Waals surface area contributed by atoms with Gasteiger partial charge in [-0.2, -0.15) is 4.98 Å². The summed E-state index contributed by atoms with van der Waals surface area (Å²) in [6, 6.07) is 7.99. The number of benzene rings is 1. The van der Waals surface area contributed by atoms with E-state index in [2.05, 4.69) is 23.2 Å². The maximum absolute atomic E-state index is 11.3. The number of piperidine rings is 1. The number of hydrogen-bond acceptors (Lipinski definition) is 8. The predicted molar refractivity (Wildman–Crippen MR) is 126 cm³/mol. The summed E-state index contributed by atoms with van der Waals surface area (Å²) in [4.78, 5) is 25.2. The van der Waals surface area contributed by atoms with Crippen LogP contribution in [0.15, 0.2) is 24.3 Å². The van der Waals surface area contributed by atoms with E-state index in [-0.39, 0.29) is 5.92 Å². The molecule has 9 heteroatoms. The monoisotopic (exact) mass is 456 g/mol. The summed E-state index contributed by atoms with van der Waals surface area (Å²) in [5.41, 5.74) is 1.05. The fourth-order valence-corrected chi connectivity index (χ4v) is 4.88. The molecule has 0 radical (unpaired) electrons. The molecule has 8 nitrogen and oxygen atoms in total. The fourth-order valence-electron chi connectivity index (χ4n) is 3.91. The van der Waals surface area contributed by atoms with Crippen molar-refractivity contribution in [3.8, 4) is 11.5 Å². The highest BCUT2D eigenvalue weighted by Gasteiger charge is 2.26. The van der Waals surface area contributed by atoms with Crippen LogP contribution in [0.4, 0.5) is 11.8 Å². The quantitative estimate of drug-likeness (QED) is 0.521. The third-order valence-corrected chi connectivity index (χ3v) is 6.99. The van der Waals surface area contributed by atoms with Gasteiger partial charge in [0.05, 0.1) is 25.5 Å². The van der Waals surface area contributed by atoms with Crippen molar-refractivity contribution < 1.29 is 19.4 Å². The van der Waals surface area contributed by atoms with Gasteiger partial charge in [-0.3, -0.25) is 4.79 Å². The number of carboxylic acid groups (broad SMARTS) is 1. The molecule has 1 saturated heterocycles. The van der Waals surface area contributed by atoms with Crippen LogP contribution in [0.3, 0.4) is 0 Å². The Hall–Kier alpha value is -3.07. The van der Waals surface area contributed by atoms with E-state index in [9.17, 15) is 9.90 Å². The summed E-state index contributed by atoms with van der Waals surface area (Å²) in [7, 11) is 3.25. The van der Waals surface area contributed by atoms with Crippen LogP contribution in [0.1, 0.15) is 30.2 Å². The normalized spacial score (nSPS) is 14.5. The second-order valence-corrected chi connectivity index (χ2v) is 8.91. The maximum atomic E-state index is 11.3. The predicted octanol–water partition coefficient (Wildman–Crippen LogP) is 4.18. The van der Waals surface area contributed by atoms with E-state index in [0.29, 0.717) is 49.9 Å². The molecule has 0 amide bonds. The molecule has 2 aromatic heterocycles. The Morgan fingerprint density at radius 1 is 1.19 bits per heavy atom. The average molecular weight is 457 g/mol. The van der Waals surface area contributed by atoms with Gasteiger partial charge < -0.3 is 24.8 Å². The van der Waals surface area contributed by atoms with E-state index < -0.39 is 5.97 Å². The average Bonchev–Trinajstić information content (AvgIpc) is 3.25. The van der Waals surface area contributed by atoms with Crippen molar-refractivity contribution in [1.82, 2.24) is 9.97 Å². The first-order valence-corrected chi connectivity index (χ1v) is 11.6. The largest absolute Gasteiger partial charge is 0.493 e. The smallest absolute Gasteiger partial charge is 0.306 e. The van der Waals surface area contributed by atoms with Gasteiger partial charge in [-0.05, 0) is 43.0 Å². The summed E-state index contributed by atoms with van der Waals surface area (Å²) in [5, 5.41) is 13.8. The van der Waals surface area contributed by atoms with Crippen LogP contribution in [0.5, 0.6) is 11.5 Å². The van der Waals surface area contributed by atoms with Gasteiger partial charge in [-0.1, -0.05) is 13.0 Å². The Morgan fingerprint density at radius 3 is 2.59 bits per heavy atom. The molecule has 3 aromatic rings. The molecule has 1 aliphatic rings. The lowest BCUT2D eigenvalue weighted by Crippen LogP contribution is -2.37. The highest BCUT2D eigenvalue weighted by Crippen LogP contribution is 2.33. The number of aromatic nitrogens is 2. The molecule has 1 aromatic carbocycles. The number of nitrogens with one attached hydrogen (secondary N) is 1. The summed E-state index contributed by atoms with van der Waals surface area (Å²) in [6.07, 6.45) is 2.15. The Kier molecular flexibility index (Phi) is 6.64. The second kappa shape index (κ2) is 9.60. The molecule has 1 aliphatic heterocycles. The minimum absolute atomic E-state index is 0.286. The Morgan fingerprint density at radius 2 is 1.94 bits per heavy atom. The fraction of sp³-hybridized carbons (Fsp3) is 0.435. The third kappa shape index (κ3) is 4.57. The molecular weight excluding hydrogens is 428 g/mol. The number of hydrogen-bond donors (Lipinski definition) is 2. The van der Waals surface area contributed by atoms with Crippen molar-refractivity contribution in [2.24, 2.45) is 5.92 Å². The number of thiophene rings is 1. The summed E-state index contributed by atoms with van der Waals surface area (Å²) < 4.78 is 10.7. The van der Waals surface area contributed by atoms with Crippen LogP contribution < -0.4 is 19.7 Å². The molecule has 32 heavy (non-hydrogen) atoms. The summed E-state index contributed by atoms with van der Waals surface area (Å²) >= 11 is 1.68. The molecular formula is C23H28N4O4S. The van der Waals surface area contributed by atoms with Crippen LogP contribution >= 0.6 is 11.3 Å². The van der Waals surface area contributed by atoms with Crippen LogP contribution in [-0.4, -0.2) is 48.4 Å². The van der Waals surface area contributed by atoms with Crippen molar-refractivity contribution in [3.63, 3.8) is 0 Å². The first kappa shape index (κ1) is 22.1. The maximum Gasteiger partial charge on any atom is 0.306 e. The number of carboxylic acids is 1. The van der Waals surface area contributed by atoms with E-state index >= 15 is 0 Å².